The van der Waals surface area contributed by atoms with Crippen molar-refractivity contribution in [1.29, 1.82) is 0 Å². The van der Waals surface area contributed by atoms with Crippen molar-refractivity contribution in [3.05, 3.63) is 86.5 Å². The molecule has 5 rings (SSSR count). The van der Waals surface area contributed by atoms with Gasteiger partial charge in [-0.3, -0.25) is 14.2 Å². The molecule has 0 unspecified atom stereocenters. The van der Waals surface area contributed by atoms with E-state index in [1.54, 1.807) is 23.8 Å². The number of para-hydroxylation sites is 1. The van der Waals surface area contributed by atoms with Crippen molar-refractivity contribution in [2.45, 2.75) is 10.9 Å². The van der Waals surface area contributed by atoms with Crippen LogP contribution in [0.2, 0.25) is 0 Å². The van der Waals surface area contributed by atoms with Crippen LogP contribution < -0.4 is 15.9 Å². The number of methoxy groups -OCH3 is 1. The number of hydrogen-bond donors (Lipinski definition) is 1. The zero-order valence-corrected chi connectivity index (χ0v) is 18.0. The fraction of sp³-hybridized carbons (Fsp3) is 0.0909. The predicted molar refractivity (Wildman–Crippen MR) is 124 cm³/mol. The molecule has 0 spiro atoms. The standard InChI is InChI=1S/C22H16N4O3S2/c1-29-14-6-4-5-13(11-14)26-21(28)15-7-2-3-8-16(15)24-22(26)31-12-18-23-17-9-10-30-19(17)20(27)25-18/h2-11H,12H2,1H3,(H,23,25,27). The number of nitrogens with zero attached hydrogens (tertiary/aromatic N) is 3. The van der Waals surface area contributed by atoms with E-state index in [0.29, 0.717) is 49.3 Å². The fourth-order valence-corrected chi connectivity index (χ4v) is 4.92. The number of fused-ring (bicyclic) bond motifs is 2. The molecule has 154 valence electrons. The molecule has 0 radical (unpaired) electrons. The number of hydrogen-bond acceptors (Lipinski definition) is 7. The Morgan fingerprint density at radius 2 is 1.94 bits per heavy atom. The lowest BCUT2D eigenvalue weighted by atomic mass is 10.2. The van der Waals surface area contributed by atoms with E-state index in [9.17, 15) is 9.59 Å². The highest BCUT2D eigenvalue weighted by atomic mass is 32.2. The third kappa shape index (κ3) is 3.62. The summed E-state index contributed by atoms with van der Waals surface area (Å²) in [7, 11) is 1.58. The molecule has 0 saturated carbocycles. The van der Waals surface area contributed by atoms with Crippen molar-refractivity contribution in [3.63, 3.8) is 0 Å². The van der Waals surface area contributed by atoms with Gasteiger partial charge in [-0.15, -0.1) is 11.3 Å². The highest BCUT2D eigenvalue weighted by Gasteiger charge is 2.15. The van der Waals surface area contributed by atoms with Crippen LogP contribution in [0.5, 0.6) is 5.75 Å². The number of rotatable bonds is 5. The number of nitrogens with one attached hydrogen (secondary N) is 1. The number of aromatic nitrogens is 4. The molecule has 5 aromatic rings. The van der Waals surface area contributed by atoms with Crippen LogP contribution in [-0.4, -0.2) is 26.6 Å². The van der Waals surface area contributed by atoms with E-state index in [1.165, 1.54) is 23.1 Å². The molecule has 0 bridgehead atoms. The average Bonchev–Trinajstić information content (AvgIpc) is 3.27. The molecular formula is C22H16N4O3S2. The normalized spacial score (nSPS) is 11.3. The summed E-state index contributed by atoms with van der Waals surface area (Å²) in [6, 6.07) is 16.3. The number of ether oxygens (including phenoxy) is 1. The van der Waals surface area contributed by atoms with E-state index in [1.807, 2.05) is 47.8 Å². The minimum absolute atomic E-state index is 0.160. The van der Waals surface area contributed by atoms with Gasteiger partial charge in [0, 0.05) is 6.07 Å². The van der Waals surface area contributed by atoms with Crippen LogP contribution in [0.15, 0.2) is 74.7 Å². The summed E-state index contributed by atoms with van der Waals surface area (Å²) in [4.78, 5) is 37.7. The van der Waals surface area contributed by atoms with Crippen molar-refractivity contribution in [2.75, 3.05) is 7.11 Å². The maximum atomic E-state index is 13.4. The molecule has 3 aromatic heterocycles. The van der Waals surface area contributed by atoms with Gasteiger partial charge < -0.3 is 9.72 Å². The Bertz CT molecular complexity index is 1540. The predicted octanol–water partition coefficient (Wildman–Crippen LogP) is 3.98. The number of H-pyrrole nitrogens is 1. The van der Waals surface area contributed by atoms with Gasteiger partial charge in [-0.1, -0.05) is 30.0 Å². The van der Waals surface area contributed by atoms with Crippen LogP contribution >= 0.6 is 23.1 Å². The van der Waals surface area contributed by atoms with Crippen LogP contribution in [0.25, 0.3) is 26.8 Å². The first-order valence-electron chi connectivity index (χ1n) is 9.39. The summed E-state index contributed by atoms with van der Waals surface area (Å²) >= 11 is 2.70. The molecule has 1 N–H and O–H groups in total. The van der Waals surface area contributed by atoms with Gasteiger partial charge in [0.05, 0.1) is 35.0 Å². The first-order chi connectivity index (χ1) is 15.1. The lowest BCUT2D eigenvalue weighted by Crippen LogP contribution is -2.22. The van der Waals surface area contributed by atoms with Gasteiger partial charge in [0.1, 0.15) is 16.3 Å². The number of benzene rings is 2. The Morgan fingerprint density at radius 1 is 1.06 bits per heavy atom. The van der Waals surface area contributed by atoms with E-state index in [4.69, 9.17) is 9.72 Å². The molecule has 0 saturated heterocycles. The molecular weight excluding hydrogens is 432 g/mol. The number of thioether (sulfide) groups is 1. The maximum absolute atomic E-state index is 13.4. The van der Waals surface area contributed by atoms with Gasteiger partial charge in [0.2, 0.25) is 0 Å². The summed E-state index contributed by atoms with van der Waals surface area (Å²) in [6.45, 7) is 0. The topological polar surface area (TPSA) is 89.9 Å². The van der Waals surface area contributed by atoms with Crippen molar-refractivity contribution in [2.24, 2.45) is 0 Å². The Hall–Kier alpha value is -3.43. The van der Waals surface area contributed by atoms with Crippen molar-refractivity contribution >= 4 is 44.2 Å². The van der Waals surface area contributed by atoms with Crippen LogP contribution in [-0.2, 0) is 5.75 Å². The molecule has 0 fully saturated rings. The Kier molecular flexibility index (Phi) is 5.05. The second-order valence-corrected chi connectivity index (χ2v) is 8.55. The molecule has 9 heteroatoms. The second kappa shape index (κ2) is 8.01. The highest BCUT2D eigenvalue weighted by Crippen LogP contribution is 2.25. The van der Waals surface area contributed by atoms with Gasteiger partial charge in [-0.05, 0) is 35.7 Å². The number of thiophene rings is 1. The van der Waals surface area contributed by atoms with Crippen molar-refractivity contribution < 1.29 is 4.74 Å². The average molecular weight is 449 g/mol. The SMILES string of the molecule is COc1cccc(-n2c(SCc3nc4ccsc4c(=O)[nH]3)nc3ccccc3c2=O)c1. The van der Waals surface area contributed by atoms with Gasteiger partial charge in [-0.25, -0.2) is 9.97 Å². The summed E-state index contributed by atoms with van der Waals surface area (Å²) in [6.07, 6.45) is 0. The first-order valence-corrected chi connectivity index (χ1v) is 11.3. The third-order valence-corrected chi connectivity index (χ3v) is 6.61. The van der Waals surface area contributed by atoms with Crippen LogP contribution in [0.4, 0.5) is 0 Å². The Morgan fingerprint density at radius 3 is 2.81 bits per heavy atom. The van der Waals surface area contributed by atoms with E-state index >= 15 is 0 Å². The lowest BCUT2D eigenvalue weighted by molar-refractivity contribution is 0.414. The molecule has 7 nitrogen and oxygen atoms in total. The van der Waals surface area contributed by atoms with E-state index in [2.05, 4.69) is 9.97 Å². The zero-order valence-electron chi connectivity index (χ0n) is 16.4. The quantitative estimate of drug-likeness (QED) is 0.323. The van der Waals surface area contributed by atoms with Crippen molar-refractivity contribution in [3.8, 4) is 11.4 Å². The smallest absolute Gasteiger partial charge is 0.268 e. The second-order valence-electron chi connectivity index (χ2n) is 6.69. The van der Waals surface area contributed by atoms with Gasteiger partial charge in [0.15, 0.2) is 5.16 Å². The van der Waals surface area contributed by atoms with Gasteiger partial charge in [-0.2, -0.15) is 0 Å². The highest BCUT2D eigenvalue weighted by molar-refractivity contribution is 7.98. The van der Waals surface area contributed by atoms with Gasteiger partial charge >= 0.3 is 0 Å². The van der Waals surface area contributed by atoms with Crippen LogP contribution in [0.3, 0.4) is 0 Å². The van der Waals surface area contributed by atoms with E-state index in [0.717, 1.165) is 0 Å². The fourth-order valence-electron chi connectivity index (χ4n) is 3.31. The Balaban J connectivity index is 1.62. The maximum Gasteiger partial charge on any atom is 0.268 e. The molecule has 0 atom stereocenters. The minimum Gasteiger partial charge on any atom is -0.497 e. The summed E-state index contributed by atoms with van der Waals surface area (Å²) in [5, 5.41) is 2.88. The monoisotopic (exact) mass is 448 g/mol. The zero-order chi connectivity index (χ0) is 21.4. The minimum atomic E-state index is -0.170. The van der Waals surface area contributed by atoms with Crippen LogP contribution in [0.1, 0.15) is 5.82 Å². The largest absolute Gasteiger partial charge is 0.497 e. The van der Waals surface area contributed by atoms with E-state index < -0.39 is 0 Å². The summed E-state index contributed by atoms with van der Waals surface area (Å²) < 4.78 is 7.50. The van der Waals surface area contributed by atoms with Crippen LogP contribution in [0, 0.1) is 0 Å². The molecule has 31 heavy (non-hydrogen) atoms. The Labute approximate surface area is 184 Å². The summed E-state index contributed by atoms with van der Waals surface area (Å²) in [5.74, 6) is 1.53. The van der Waals surface area contributed by atoms with Gasteiger partial charge in [0.25, 0.3) is 11.1 Å². The van der Waals surface area contributed by atoms with Crippen molar-refractivity contribution in [1.82, 2.24) is 19.5 Å². The molecule has 0 aliphatic heterocycles. The molecule has 2 aromatic carbocycles. The molecule has 0 aliphatic carbocycles. The molecule has 3 heterocycles. The summed E-state index contributed by atoms with van der Waals surface area (Å²) in [5.41, 5.74) is 1.60. The lowest BCUT2D eigenvalue weighted by Gasteiger charge is -2.14. The molecule has 0 aliphatic rings. The first kappa shape index (κ1) is 19.5. The van der Waals surface area contributed by atoms with E-state index in [-0.39, 0.29) is 11.1 Å². The number of aromatic amines is 1. The molecule has 0 amide bonds. The third-order valence-electron chi connectivity index (χ3n) is 4.76.